The van der Waals surface area contributed by atoms with Crippen LogP contribution in [0, 0.1) is 23.6 Å². The summed E-state index contributed by atoms with van der Waals surface area (Å²) in [7, 11) is 0. The molecular weight excluding hydrogens is 239 g/mol. The van der Waals surface area contributed by atoms with Gasteiger partial charge in [-0.3, -0.25) is 4.90 Å². The highest BCUT2D eigenvalue weighted by Crippen LogP contribution is 2.38. The summed E-state index contributed by atoms with van der Waals surface area (Å²) in [5, 5.41) is 0. The summed E-state index contributed by atoms with van der Waals surface area (Å²) >= 11 is 0. The van der Waals surface area contributed by atoms with Gasteiger partial charge < -0.3 is 5.73 Å². The van der Waals surface area contributed by atoms with Gasteiger partial charge in [0, 0.05) is 24.7 Å². The Balaban J connectivity index is 1.75. The normalized spacial score (nSPS) is 25.4. The molecule has 3 rings (SSSR count). The van der Waals surface area contributed by atoms with Crippen LogP contribution in [0.1, 0.15) is 30.4 Å². The maximum atomic E-state index is 13.6. The number of hydrogen-bond acceptors (Lipinski definition) is 2. The van der Waals surface area contributed by atoms with Crippen LogP contribution in [0.5, 0.6) is 0 Å². The van der Waals surface area contributed by atoms with Crippen molar-refractivity contribution in [3.05, 3.63) is 35.1 Å². The minimum absolute atomic E-state index is 0.205. The van der Waals surface area contributed by atoms with Gasteiger partial charge in [-0.15, -0.1) is 0 Å². The molecule has 0 aromatic heterocycles. The van der Waals surface area contributed by atoms with E-state index in [-0.39, 0.29) is 5.82 Å². The van der Waals surface area contributed by atoms with E-state index in [1.54, 1.807) is 6.07 Å². The molecule has 1 aromatic rings. The lowest BCUT2D eigenvalue weighted by Gasteiger charge is -2.26. The number of nitrogens with zero attached hydrogens (tertiary/aromatic N) is 1. The van der Waals surface area contributed by atoms with Crippen molar-refractivity contribution in [3.63, 3.8) is 0 Å². The first kappa shape index (κ1) is 12.7. The first-order valence-corrected chi connectivity index (χ1v) is 6.97. The van der Waals surface area contributed by atoms with Gasteiger partial charge in [0.15, 0.2) is 0 Å². The predicted molar refractivity (Wildman–Crippen MR) is 73.9 cm³/mol. The van der Waals surface area contributed by atoms with Gasteiger partial charge in [0.1, 0.15) is 5.82 Å². The Bertz CT molecular complexity index is 529. The molecule has 3 heteroatoms. The Kier molecular flexibility index (Phi) is 3.54. The molecule has 2 fully saturated rings. The largest absolute Gasteiger partial charge is 0.320 e. The van der Waals surface area contributed by atoms with Crippen LogP contribution in [0.15, 0.2) is 18.2 Å². The Morgan fingerprint density at radius 1 is 1.32 bits per heavy atom. The topological polar surface area (TPSA) is 29.3 Å². The van der Waals surface area contributed by atoms with E-state index >= 15 is 0 Å². The Morgan fingerprint density at radius 3 is 2.89 bits per heavy atom. The third-order valence-electron chi connectivity index (χ3n) is 4.20. The quantitative estimate of drug-likeness (QED) is 0.823. The van der Waals surface area contributed by atoms with E-state index < -0.39 is 0 Å². The molecule has 2 bridgehead atoms. The smallest absolute Gasteiger partial charge is 0.124 e. The first-order valence-electron chi connectivity index (χ1n) is 6.97. The zero-order valence-corrected chi connectivity index (χ0v) is 11.0. The molecule has 19 heavy (non-hydrogen) atoms. The third kappa shape index (κ3) is 2.80. The first-order chi connectivity index (χ1) is 9.24. The zero-order valence-electron chi connectivity index (χ0n) is 11.0. The van der Waals surface area contributed by atoms with Gasteiger partial charge in [-0.05, 0) is 48.9 Å². The number of nitrogens with two attached hydrogens (primary N) is 1. The second-order valence-electron chi connectivity index (χ2n) is 5.62. The third-order valence-corrected chi connectivity index (χ3v) is 4.20. The SMILES string of the molecule is NCC#Cc1cc(F)cc(CN2CC3CCC2C3)c1. The van der Waals surface area contributed by atoms with Crippen molar-refractivity contribution in [3.8, 4) is 11.8 Å². The fourth-order valence-corrected chi connectivity index (χ4v) is 3.42. The average molecular weight is 258 g/mol. The second-order valence-corrected chi connectivity index (χ2v) is 5.62. The van der Waals surface area contributed by atoms with Crippen LogP contribution in [-0.4, -0.2) is 24.0 Å². The molecule has 2 atom stereocenters. The molecule has 2 aliphatic rings. The van der Waals surface area contributed by atoms with E-state index in [4.69, 9.17) is 5.73 Å². The molecule has 0 spiro atoms. The molecule has 1 saturated carbocycles. The van der Waals surface area contributed by atoms with Crippen LogP contribution in [0.2, 0.25) is 0 Å². The lowest BCUT2D eigenvalue weighted by molar-refractivity contribution is 0.205. The number of piperidine rings is 1. The molecular formula is C16H19FN2. The van der Waals surface area contributed by atoms with Crippen molar-refractivity contribution in [2.75, 3.05) is 13.1 Å². The van der Waals surface area contributed by atoms with E-state index in [9.17, 15) is 4.39 Å². The number of likely N-dealkylation sites (tertiary alicyclic amines) is 1. The van der Waals surface area contributed by atoms with Crippen LogP contribution < -0.4 is 5.73 Å². The van der Waals surface area contributed by atoms with Gasteiger partial charge in [-0.25, -0.2) is 4.39 Å². The monoisotopic (exact) mass is 258 g/mol. The molecule has 1 aromatic carbocycles. The predicted octanol–water partition coefficient (Wildman–Crippen LogP) is 2.12. The minimum atomic E-state index is -0.205. The fourth-order valence-electron chi connectivity index (χ4n) is 3.42. The Morgan fingerprint density at radius 2 is 2.21 bits per heavy atom. The minimum Gasteiger partial charge on any atom is -0.320 e. The maximum absolute atomic E-state index is 13.6. The molecule has 1 heterocycles. The van der Waals surface area contributed by atoms with Crippen LogP contribution >= 0.6 is 0 Å². The van der Waals surface area contributed by atoms with Gasteiger partial charge in [0.25, 0.3) is 0 Å². The van der Waals surface area contributed by atoms with Gasteiger partial charge in [-0.2, -0.15) is 0 Å². The standard InChI is InChI=1S/C16H19FN2/c17-15-7-12(2-1-5-18)6-14(8-15)11-19-10-13-3-4-16(19)9-13/h6-8,13,16H,3-5,9-11,18H2. The second kappa shape index (κ2) is 5.32. The van der Waals surface area contributed by atoms with Crippen LogP contribution in [0.25, 0.3) is 0 Å². The van der Waals surface area contributed by atoms with Gasteiger partial charge in [0.05, 0.1) is 6.54 Å². The zero-order chi connectivity index (χ0) is 13.2. The summed E-state index contributed by atoms with van der Waals surface area (Å²) in [5.41, 5.74) is 7.10. The van der Waals surface area contributed by atoms with Crippen LogP contribution in [0.4, 0.5) is 4.39 Å². The van der Waals surface area contributed by atoms with Crippen LogP contribution in [0.3, 0.4) is 0 Å². The summed E-state index contributed by atoms with van der Waals surface area (Å²) in [6, 6.07) is 5.80. The number of hydrogen-bond donors (Lipinski definition) is 1. The molecule has 0 amide bonds. The summed E-state index contributed by atoms with van der Waals surface area (Å²) in [6.07, 6.45) is 4.01. The van der Waals surface area contributed by atoms with Crippen molar-refractivity contribution in [1.29, 1.82) is 0 Å². The summed E-state index contributed by atoms with van der Waals surface area (Å²) in [5.74, 6) is 6.35. The highest BCUT2D eigenvalue weighted by Gasteiger charge is 2.37. The maximum Gasteiger partial charge on any atom is 0.124 e. The van der Waals surface area contributed by atoms with Crippen LogP contribution in [-0.2, 0) is 6.54 Å². The molecule has 0 radical (unpaired) electrons. The Labute approximate surface area is 113 Å². The van der Waals surface area contributed by atoms with Gasteiger partial charge in [-0.1, -0.05) is 11.8 Å². The summed E-state index contributed by atoms with van der Waals surface area (Å²) in [4.78, 5) is 2.49. The van der Waals surface area contributed by atoms with Gasteiger partial charge >= 0.3 is 0 Å². The molecule has 100 valence electrons. The fraction of sp³-hybridized carbons (Fsp3) is 0.500. The van der Waals surface area contributed by atoms with E-state index in [1.807, 2.05) is 6.07 Å². The highest BCUT2D eigenvalue weighted by molar-refractivity contribution is 5.38. The number of rotatable bonds is 2. The van der Waals surface area contributed by atoms with E-state index in [2.05, 4.69) is 16.7 Å². The van der Waals surface area contributed by atoms with Crippen molar-refractivity contribution < 1.29 is 4.39 Å². The summed E-state index contributed by atoms with van der Waals surface area (Å²) in [6.45, 7) is 2.32. The lowest BCUT2D eigenvalue weighted by Crippen LogP contribution is -2.31. The van der Waals surface area contributed by atoms with Crippen molar-refractivity contribution >= 4 is 0 Å². The number of halogens is 1. The highest BCUT2D eigenvalue weighted by atomic mass is 19.1. The van der Waals surface area contributed by atoms with E-state index in [0.29, 0.717) is 12.6 Å². The number of fused-ring (bicyclic) bond motifs is 2. The van der Waals surface area contributed by atoms with Crippen molar-refractivity contribution in [1.82, 2.24) is 4.90 Å². The molecule has 1 aliphatic heterocycles. The molecule has 1 saturated heterocycles. The van der Waals surface area contributed by atoms with Crippen molar-refractivity contribution in [2.45, 2.75) is 31.8 Å². The molecule has 2 N–H and O–H groups in total. The number of benzene rings is 1. The molecule has 2 unspecified atom stereocenters. The van der Waals surface area contributed by atoms with Gasteiger partial charge in [0.2, 0.25) is 0 Å². The Hall–Kier alpha value is -1.37. The average Bonchev–Trinajstić information content (AvgIpc) is 2.98. The lowest BCUT2D eigenvalue weighted by atomic mass is 10.1. The van der Waals surface area contributed by atoms with E-state index in [0.717, 1.165) is 23.6 Å². The summed E-state index contributed by atoms with van der Waals surface area (Å²) < 4.78 is 13.6. The molecule has 1 aliphatic carbocycles. The van der Waals surface area contributed by atoms with E-state index in [1.165, 1.54) is 31.9 Å². The molecule has 2 nitrogen and oxygen atoms in total. The van der Waals surface area contributed by atoms with Crippen molar-refractivity contribution in [2.24, 2.45) is 11.7 Å².